The van der Waals surface area contributed by atoms with E-state index in [9.17, 15) is 5.11 Å². The summed E-state index contributed by atoms with van der Waals surface area (Å²) in [5.41, 5.74) is 2.80. The van der Waals surface area contributed by atoms with Crippen LogP contribution in [0.3, 0.4) is 0 Å². The van der Waals surface area contributed by atoms with E-state index in [-0.39, 0.29) is 5.75 Å². The summed E-state index contributed by atoms with van der Waals surface area (Å²) in [6, 6.07) is 4.04. The number of phenols is 1. The van der Waals surface area contributed by atoms with Crippen molar-refractivity contribution in [3.63, 3.8) is 0 Å². The number of benzene rings is 1. The third kappa shape index (κ3) is 6.50. The van der Waals surface area contributed by atoms with Crippen molar-refractivity contribution in [2.75, 3.05) is 0 Å². The highest BCUT2D eigenvalue weighted by Gasteiger charge is 2.08. The Labute approximate surface area is 135 Å². The van der Waals surface area contributed by atoms with Crippen molar-refractivity contribution < 1.29 is 10.3 Å². The fourth-order valence-corrected chi connectivity index (χ4v) is 2.84. The monoisotopic (exact) mass is 305 g/mol. The first-order valence-corrected chi connectivity index (χ1v) is 8.75. The molecule has 0 aliphatic rings. The molecule has 0 fully saturated rings. The third-order valence-corrected chi connectivity index (χ3v) is 4.06. The van der Waals surface area contributed by atoms with Gasteiger partial charge in [0.2, 0.25) is 0 Å². The van der Waals surface area contributed by atoms with Gasteiger partial charge in [0, 0.05) is 5.56 Å². The quantitative estimate of drug-likeness (QED) is 0.247. The minimum absolute atomic E-state index is 0.253. The zero-order chi connectivity index (χ0) is 16.2. The van der Waals surface area contributed by atoms with Gasteiger partial charge in [-0.05, 0) is 36.5 Å². The van der Waals surface area contributed by atoms with E-state index < -0.39 is 0 Å². The Balaban J connectivity index is 2.55. The van der Waals surface area contributed by atoms with Gasteiger partial charge >= 0.3 is 0 Å². The van der Waals surface area contributed by atoms with Crippen LogP contribution in [0, 0.1) is 0 Å². The minimum atomic E-state index is 0.253. The smallest absolute Gasteiger partial charge is 0.127 e. The van der Waals surface area contributed by atoms with E-state index >= 15 is 0 Å². The van der Waals surface area contributed by atoms with Crippen molar-refractivity contribution in [3.8, 4) is 5.75 Å². The van der Waals surface area contributed by atoms with Crippen LogP contribution >= 0.6 is 0 Å². The molecule has 1 aromatic carbocycles. The molecule has 1 aromatic rings. The Morgan fingerprint density at radius 2 is 1.59 bits per heavy atom. The summed E-state index contributed by atoms with van der Waals surface area (Å²) in [6.07, 6.45) is 13.3. The van der Waals surface area contributed by atoms with Crippen LogP contribution in [0.15, 0.2) is 17.3 Å². The molecule has 2 N–H and O–H groups in total. The van der Waals surface area contributed by atoms with Crippen molar-refractivity contribution in [3.05, 3.63) is 28.8 Å². The van der Waals surface area contributed by atoms with E-state index in [0.29, 0.717) is 5.56 Å². The van der Waals surface area contributed by atoms with Gasteiger partial charge in [0.25, 0.3) is 0 Å². The molecule has 1 rings (SSSR count). The first kappa shape index (κ1) is 18.5. The Morgan fingerprint density at radius 1 is 0.909 bits per heavy atom. The lowest BCUT2D eigenvalue weighted by Gasteiger charge is -2.10. The van der Waals surface area contributed by atoms with Gasteiger partial charge in [-0.1, -0.05) is 70.0 Å². The van der Waals surface area contributed by atoms with Gasteiger partial charge in [0.1, 0.15) is 5.75 Å². The minimum Gasteiger partial charge on any atom is -0.507 e. The fraction of sp³-hybridized carbons (Fsp3) is 0.632. The maximum absolute atomic E-state index is 10.2. The van der Waals surface area contributed by atoms with E-state index in [1.807, 2.05) is 6.07 Å². The summed E-state index contributed by atoms with van der Waals surface area (Å²) in [4.78, 5) is 0. The number of hydrogen-bond donors (Lipinski definition) is 2. The molecule has 0 aliphatic heterocycles. The highest BCUT2D eigenvalue weighted by Crippen LogP contribution is 2.26. The molecule has 0 saturated heterocycles. The van der Waals surface area contributed by atoms with Gasteiger partial charge in [-0.25, -0.2) is 0 Å². The number of nitrogens with zero attached hydrogens (tertiary/aromatic N) is 1. The molecule has 3 nitrogen and oxygen atoms in total. The molecule has 0 spiro atoms. The summed E-state index contributed by atoms with van der Waals surface area (Å²) in [5.74, 6) is 0.253. The highest BCUT2D eigenvalue weighted by molar-refractivity contribution is 5.84. The first-order valence-electron chi connectivity index (χ1n) is 8.75. The normalized spacial score (nSPS) is 11.4. The summed E-state index contributed by atoms with van der Waals surface area (Å²) < 4.78 is 0. The fourth-order valence-electron chi connectivity index (χ4n) is 2.84. The van der Waals surface area contributed by atoms with Crippen LogP contribution in [0.1, 0.15) is 81.9 Å². The molecule has 22 heavy (non-hydrogen) atoms. The lowest BCUT2D eigenvalue weighted by atomic mass is 9.97. The summed E-state index contributed by atoms with van der Waals surface area (Å²) >= 11 is 0. The number of rotatable bonds is 11. The molecule has 0 heterocycles. The predicted octanol–water partition coefficient (Wildman–Crippen LogP) is 5.45. The molecule has 0 aliphatic carbocycles. The van der Waals surface area contributed by atoms with Gasteiger partial charge in [-0.2, -0.15) is 0 Å². The second kappa shape index (κ2) is 11.1. The molecule has 0 radical (unpaired) electrons. The average Bonchev–Trinajstić information content (AvgIpc) is 2.51. The van der Waals surface area contributed by atoms with Crippen LogP contribution in [-0.4, -0.2) is 16.5 Å². The summed E-state index contributed by atoms with van der Waals surface area (Å²) in [6.45, 7) is 4.34. The maximum atomic E-state index is 10.2. The number of phenolic OH excluding ortho intramolecular Hbond substituents is 1. The van der Waals surface area contributed by atoms with Crippen molar-refractivity contribution in [1.82, 2.24) is 0 Å². The van der Waals surface area contributed by atoms with Crippen LogP contribution in [0.2, 0.25) is 0 Å². The lowest BCUT2D eigenvalue weighted by molar-refractivity contribution is 0.321. The SMILES string of the molecule is CCCCCCCCCc1cc(C=NO)c(O)c(CCC)c1. The van der Waals surface area contributed by atoms with Gasteiger partial charge in [0.05, 0.1) is 6.21 Å². The number of aryl methyl sites for hydroxylation is 2. The second-order valence-electron chi connectivity index (χ2n) is 6.06. The number of aromatic hydroxyl groups is 1. The van der Waals surface area contributed by atoms with E-state index in [1.165, 1.54) is 56.7 Å². The molecule has 0 aromatic heterocycles. The molecular formula is C19H31NO2. The van der Waals surface area contributed by atoms with Crippen molar-refractivity contribution >= 4 is 6.21 Å². The van der Waals surface area contributed by atoms with Crippen LogP contribution in [0.5, 0.6) is 5.75 Å². The molecule has 0 atom stereocenters. The molecule has 0 saturated carbocycles. The lowest BCUT2D eigenvalue weighted by Crippen LogP contribution is -1.96. The highest BCUT2D eigenvalue weighted by atomic mass is 16.4. The summed E-state index contributed by atoms with van der Waals surface area (Å²) in [5, 5.41) is 22.0. The van der Waals surface area contributed by atoms with Gasteiger partial charge in [-0.15, -0.1) is 0 Å². The predicted molar refractivity (Wildman–Crippen MR) is 93.2 cm³/mol. The molecule has 0 bridgehead atoms. The zero-order valence-electron chi connectivity index (χ0n) is 14.1. The third-order valence-electron chi connectivity index (χ3n) is 4.06. The molecule has 0 amide bonds. The van der Waals surface area contributed by atoms with Crippen LogP contribution in [-0.2, 0) is 12.8 Å². The Bertz CT molecular complexity index is 455. The van der Waals surface area contributed by atoms with Crippen LogP contribution < -0.4 is 0 Å². The van der Waals surface area contributed by atoms with Crippen LogP contribution in [0.4, 0.5) is 0 Å². The molecule has 3 heteroatoms. The van der Waals surface area contributed by atoms with Crippen molar-refractivity contribution in [2.45, 2.75) is 78.1 Å². The standard InChI is InChI=1S/C19H31NO2/c1-3-5-6-7-8-9-10-12-16-13-17(11-4-2)19(21)18(14-16)15-20-22/h13-15,21-22H,3-12H2,1-2H3. The largest absolute Gasteiger partial charge is 0.507 e. The first-order chi connectivity index (χ1) is 10.7. The number of oxime groups is 1. The van der Waals surface area contributed by atoms with Gasteiger partial charge in [-0.3, -0.25) is 0 Å². The second-order valence-corrected chi connectivity index (χ2v) is 6.06. The molecular weight excluding hydrogens is 274 g/mol. The van der Waals surface area contributed by atoms with E-state index in [1.54, 1.807) is 0 Å². The number of hydrogen-bond acceptors (Lipinski definition) is 3. The Kier molecular flexibility index (Phi) is 9.36. The molecule has 124 valence electrons. The zero-order valence-corrected chi connectivity index (χ0v) is 14.1. The van der Waals surface area contributed by atoms with E-state index in [0.717, 1.165) is 24.8 Å². The van der Waals surface area contributed by atoms with Gasteiger partial charge in [0.15, 0.2) is 0 Å². The Morgan fingerprint density at radius 3 is 2.23 bits per heavy atom. The maximum Gasteiger partial charge on any atom is 0.127 e. The van der Waals surface area contributed by atoms with E-state index in [2.05, 4.69) is 25.1 Å². The number of unbranched alkanes of at least 4 members (excludes halogenated alkanes) is 6. The topological polar surface area (TPSA) is 52.8 Å². The van der Waals surface area contributed by atoms with E-state index in [4.69, 9.17) is 5.21 Å². The van der Waals surface area contributed by atoms with Gasteiger partial charge < -0.3 is 10.3 Å². The summed E-state index contributed by atoms with van der Waals surface area (Å²) in [7, 11) is 0. The van der Waals surface area contributed by atoms with Crippen LogP contribution in [0.25, 0.3) is 0 Å². The average molecular weight is 305 g/mol. The van der Waals surface area contributed by atoms with Crippen molar-refractivity contribution in [1.29, 1.82) is 0 Å². The van der Waals surface area contributed by atoms with Crippen molar-refractivity contribution in [2.24, 2.45) is 5.16 Å². The Hall–Kier alpha value is -1.51. The molecule has 0 unspecified atom stereocenters.